The van der Waals surface area contributed by atoms with Gasteiger partial charge in [0.25, 0.3) is 0 Å². The van der Waals surface area contributed by atoms with E-state index in [1.54, 1.807) is 19.2 Å². The fraction of sp³-hybridized carbons (Fsp3) is 0.182. The average Bonchev–Trinajstić information content (AvgIpc) is 2.76. The molecule has 86 valence electrons. The van der Waals surface area contributed by atoms with Crippen molar-refractivity contribution in [2.24, 2.45) is 7.05 Å². The zero-order valence-corrected chi connectivity index (χ0v) is 9.20. The van der Waals surface area contributed by atoms with Gasteiger partial charge in [-0.2, -0.15) is 5.10 Å². The van der Waals surface area contributed by atoms with Gasteiger partial charge >= 0.3 is 0 Å². The Hall–Kier alpha value is -2.37. The Kier molecular flexibility index (Phi) is 3.04. The molecule has 0 atom stereocenters. The van der Waals surface area contributed by atoms with E-state index in [4.69, 9.17) is 0 Å². The minimum atomic E-state index is -0.392. The number of hydrogen-bond donors (Lipinski definition) is 0. The standard InChI is InChI=1S/C11H10N4O2/c1-15-8(3-6-14-15)9(16)7-10(17)11-12-4-2-5-13-11/h2-6H,7H2,1H3. The predicted octanol–water partition coefficient (Wildman–Crippen LogP) is 0.666. The van der Waals surface area contributed by atoms with Gasteiger partial charge in [0.05, 0.1) is 6.42 Å². The molecule has 0 bridgehead atoms. The zero-order chi connectivity index (χ0) is 12.3. The van der Waals surface area contributed by atoms with Crippen molar-refractivity contribution >= 4 is 11.6 Å². The lowest BCUT2D eigenvalue weighted by atomic mass is 10.1. The van der Waals surface area contributed by atoms with Gasteiger partial charge in [-0.15, -0.1) is 0 Å². The molecule has 0 spiro atoms. The molecule has 0 fully saturated rings. The molecule has 0 aliphatic heterocycles. The number of nitrogens with zero attached hydrogens (tertiary/aromatic N) is 4. The summed E-state index contributed by atoms with van der Waals surface area (Å²) in [7, 11) is 1.65. The summed E-state index contributed by atoms with van der Waals surface area (Å²) in [5.41, 5.74) is 0.397. The van der Waals surface area contributed by atoms with E-state index in [0.717, 1.165) is 0 Å². The lowest BCUT2D eigenvalue weighted by Crippen LogP contribution is -2.14. The van der Waals surface area contributed by atoms with E-state index >= 15 is 0 Å². The smallest absolute Gasteiger partial charge is 0.207 e. The maximum atomic E-state index is 11.8. The van der Waals surface area contributed by atoms with E-state index in [9.17, 15) is 9.59 Å². The molecule has 0 amide bonds. The number of aryl methyl sites for hydroxylation is 1. The first kappa shape index (κ1) is 11.1. The molecule has 0 radical (unpaired) electrons. The fourth-order valence-corrected chi connectivity index (χ4v) is 1.41. The van der Waals surface area contributed by atoms with Crippen LogP contribution in [-0.2, 0) is 7.05 Å². The van der Waals surface area contributed by atoms with Crippen molar-refractivity contribution in [3.8, 4) is 0 Å². The van der Waals surface area contributed by atoms with Crippen molar-refractivity contribution < 1.29 is 9.59 Å². The first-order valence-electron chi connectivity index (χ1n) is 5.00. The van der Waals surface area contributed by atoms with Crippen molar-refractivity contribution in [1.82, 2.24) is 19.7 Å². The summed E-state index contributed by atoms with van der Waals surface area (Å²) >= 11 is 0. The van der Waals surface area contributed by atoms with E-state index < -0.39 is 5.78 Å². The van der Waals surface area contributed by atoms with Crippen molar-refractivity contribution in [2.75, 3.05) is 0 Å². The van der Waals surface area contributed by atoms with E-state index in [2.05, 4.69) is 15.1 Å². The van der Waals surface area contributed by atoms with Crippen LogP contribution in [0.15, 0.2) is 30.7 Å². The average molecular weight is 230 g/mol. The van der Waals surface area contributed by atoms with Crippen LogP contribution >= 0.6 is 0 Å². The summed E-state index contributed by atoms with van der Waals surface area (Å²) in [6, 6.07) is 3.18. The highest BCUT2D eigenvalue weighted by Gasteiger charge is 2.17. The molecular weight excluding hydrogens is 220 g/mol. The second-order valence-corrected chi connectivity index (χ2v) is 3.44. The van der Waals surface area contributed by atoms with Crippen LogP contribution in [0.1, 0.15) is 27.5 Å². The quantitative estimate of drug-likeness (QED) is 0.569. The molecule has 6 heteroatoms. The van der Waals surface area contributed by atoms with Gasteiger partial charge in [-0.3, -0.25) is 14.3 Å². The highest BCUT2D eigenvalue weighted by molar-refractivity contribution is 6.11. The minimum Gasteiger partial charge on any atom is -0.292 e. The second-order valence-electron chi connectivity index (χ2n) is 3.44. The highest BCUT2D eigenvalue weighted by Crippen LogP contribution is 2.04. The summed E-state index contributed by atoms with van der Waals surface area (Å²) in [5.74, 6) is -0.623. The molecule has 0 aromatic carbocycles. The molecule has 6 nitrogen and oxygen atoms in total. The largest absolute Gasteiger partial charge is 0.292 e. The molecular formula is C11H10N4O2. The zero-order valence-electron chi connectivity index (χ0n) is 9.20. The van der Waals surface area contributed by atoms with Crippen molar-refractivity contribution in [3.63, 3.8) is 0 Å². The molecule has 0 aliphatic carbocycles. The van der Waals surface area contributed by atoms with Gasteiger partial charge in [0.15, 0.2) is 11.6 Å². The van der Waals surface area contributed by atoms with E-state index in [0.29, 0.717) is 5.69 Å². The van der Waals surface area contributed by atoms with Crippen LogP contribution in [0.25, 0.3) is 0 Å². The molecule has 2 aromatic heterocycles. The topological polar surface area (TPSA) is 77.7 Å². The van der Waals surface area contributed by atoms with Crippen molar-refractivity contribution in [2.45, 2.75) is 6.42 Å². The predicted molar refractivity (Wildman–Crippen MR) is 58.5 cm³/mol. The second kappa shape index (κ2) is 4.65. The summed E-state index contributed by atoms with van der Waals surface area (Å²) < 4.78 is 1.43. The number of carbonyl (C=O) groups is 2. The molecule has 0 saturated carbocycles. The maximum absolute atomic E-state index is 11.8. The van der Waals surface area contributed by atoms with E-state index in [1.807, 2.05) is 0 Å². The lowest BCUT2D eigenvalue weighted by molar-refractivity contribution is 0.0883. The van der Waals surface area contributed by atoms with Crippen molar-refractivity contribution in [1.29, 1.82) is 0 Å². The Labute approximate surface area is 97.3 Å². The summed E-state index contributed by atoms with van der Waals surface area (Å²) in [5, 5.41) is 3.87. The number of aromatic nitrogens is 4. The highest BCUT2D eigenvalue weighted by atomic mass is 16.1. The normalized spacial score (nSPS) is 10.2. The van der Waals surface area contributed by atoms with Crippen LogP contribution in [0.5, 0.6) is 0 Å². The van der Waals surface area contributed by atoms with Crippen LogP contribution in [0.4, 0.5) is 0 Å². The summed E-state index contributed by atoms with van der Waals surface area (Å²) in [6.07, 6.45) is 4.20. The third-order valence-electron chi connectivity index (χ3n) is 2.24. The number of carbonyl (C=O) groups excluding carboxylic acids is 2. The van der Waals surface area contributed by atoms with Gasteiger partial charge in [-0.25, -0.2) is 9.97 Å². The van der Waals surface area contributed by atoms with Gasteiger partial charge < -0.3 is 0 Å². The first-order valence-corrected chi connectivity index (χ1v) is 5.00. The van der Waals surface area contributed by atoms with Crippen LogP contribution in [0.3, 0.4) is 0 Å². The monoisotopic (exact) mass is 230 g/mol. The SMILES string of the molecule is Cn1nccc1C(=O)CC(=O)c1ncccn1. The van der Waals surface area contributed by atoms with Gasteiger partial charge in [0, 0.05) is 25.6 Å². The third kappa shape index (κ3) is 2.41. The molecule has 0 aliphatic rings. The molecule has 0 saturated heterocycles. The number of rotatable bonds is 4. The first-order chi connectivity index (χ1) is 8.18. The Morgan fingerprint density at radius 3 is 2.47 bits per heavy atom. The van der Waals surface area contributed by atoms with Crippen LogP contribution in [0.2, 0.25) is 0 Å². The molecule has 2 rings (SSSR count). The van der Waals surface area contributed by atoms with Crippen LogP contribution in [0, 0.1) is 0 Å². The van der Waals surface area contributed by atoms with Gasteiger partial charge in [-0.1, -0.05) is 0 Å². The van der Waals surface area contributed by atoms with Gasteiger partial charge in [-0.05, 0) is 12.1 Å². The summed E-state index contributed by atoms with van der Waals surface area (Å²) in [4.78, 5) is 31.1. The number of Topliss-reactive ketones (excluding diaryl/α,β-unsaturated/α-hetero) is 2. The Balaban J connectivity index is 2.10. The van der Waals surface area contributed by atoms with Crippen molar-refractivity contribution in [3.05, 3.63) is 42.2 Å². The Morgan fingerprint density at radius 2 is 1.88 bits per heavy atom. The number of hydrogen-bond acceptors (Lipinski definition) is 5. The lowest BCUT2D eigenvalue weighted by Gasteiger charge is -2.00. The summed E-state index contributed by atoms with van der Waals surface area (Å²) in [6.45, 7) is 0. The molecule has 0 N–H and O–H groups in total. The third-order valence-corrected chi connectivity index (χ3v) is 2.24. The molecule has 2 aromatic rings. The maximum Gasteiger partial charge on any atom is 0.207 e. The van der Waals surface area contributed by atoms with Crippen LogP contribution in [-0.4, -0.2) is 31.3 Å². The number of ketones is 2. The molecule has 17 heavy (non-hydrogen) atoms. The van der Waals surface area contributed by atoms with E-state index in [1.165, 1.54) is 23.3 Å². The van der Waals surface area contributed by atoms with Gasteiger partial charge in [0.1, 0.15) is 5.69 Å². The van der Waals surface area contributed by atoms with Gasteiger partial charge in [0.2, 0.25) is 5.78 Å². The Bertz CT molecular complexity index is 548. The molecule has 0 unspecified atom stereocenters. The minimum absolute atomic E-state index is 0.0584. The van der Waals surface area contributed by atoms with Crippen LogP contribution < -0.4 is 0 Å². The molecule has 2 heterocycles. The fourth-order valence-electron chi connectivity index (χ4n) is 1.41. The van der Waals surface area contributed by atoms with E-state index in [-0.39, 0.29) is 18.0 Å². The Morgan fingerprint density at radius 1 is 1.18 bits per heavy atom.